The van der Waals surface area contributed by atoms with Crippen LogP contribution in [0.3, 0.4) is 0 Å². The molecule has 1 saturated heterocycles. The van der Waals surface area contributed by atoms with E-state index in [1.165, 1.54) is 0 Å². The lowest BCUT2D eigenvalue weighted by atomic mass is 10.0. The molecule has 2 aromatic carbocycles. The lowest BCUT2D eigenvalue weighted by Gasteiger charge is -2.39. The summed E-state index contributed by atoms with van der Waals surface area (Å²) in [5.74, 6) is -0.0928. The highest BCUT2D eigenvalue weighted by Gasteiger charge is 2.31. The molecule has 1 atom stereocenters. The lowest BCUT2D eigenvalue weighted by molar-refractivity contribution is 0.0414. The van der Waals surface area contributed by atoms with Gasteiger partial charge in [0.1, 0.15) is 0 Å². The summed E-state index contributed by atoms with van der Waals surface area (Å²) >= 11 is 6.62. The normalized spacial score (nSPS) is 16.1. The Labute approximate surface area is 214 Å². The maximum atomic E-state index is 13.4. The Morgan fingerprint density at radius 1 is 1.14 bits per heavy atom. The van der Waals surface area contributed by atoms with Crippen LogP contribution in [0, 0.1) is 6.92 Å². The Morgan fingerprint density at radius 3 is 2.75 bits per heavy atom. The summed E-state index contributed by atoms with van der Waals surface area (Å²) in [6.07, 6.45) is 0.454. The Kier molecular flexibility index (Phi) is 6.53. The van der Waals surface area contributed by atoms with Crippen LogP contribution >= 0.6 is 11.6 Å². The van der Waals surface area contributed by atoms with Gasteiger partial charge in [-0.05, 0) is 50.6 Å². The van der Waals surface area contributed by atoms with E-state index in [9.17, 15) is 9.59 Å². The fourth-order valence-electron chi connectivity index (χ4n) is 4.64. The van der Waals surface area contributed by atoms with Gasteiger partial charge >= 0.3 is 6.09 Å². The van der Waals surface area contributed by atoms with Crippen molar-refractivity contribution in [3.05, 3.63) is 58.7 Å². The van der Waals surface area contributed by atoms with E-state index in [0.29, 0.717) is 42.3 Å². The first kappa shape index (κ1) is 24.1. The fraction of sp³-hybridized carbons (Fsp3) is 0.333. The minimum Gasteiger partial charge on any atom is -0.449 e. The van der Waals surface area contributed by atoms with Gasteiger partial charge in [-0.3, -0.25) is 9.89 Å². The van der Waals surface area contributed by atoms with Crippen molar-refractivity contribution < 1.29 is 14.3 Å². The fourth-order valence-corrected chi connectivity index (χ4v) is 4.91. The van der Waals surface area contributed by atoms with Gasteiger partial charge in [0.15, 0.2) is 0 Å². The SMILES string of the molecule is CCCOC(=O)N1CCN(C(=O)c2ccc3c(Cl)cc(-c4ccc5[nH]nc(C)c5c4)nc3c2)[C@@H](C)C1. The molecule has 0 unspecified atom stereocenters. The second-order valence-electron chi connectivity index (χ2n) is 9.20. The zero-order chi connectivity index (χ0) is 25.4. The molecular formula is C27H28ClN5O3. The van der Waals surface area contributed by atoms with E-state index in [-0.39, 0.29) is 18.0 Å². The van der Waals surface area contributed by atoms with Crippen LogP contribution in [-0.4, -0.2) is 69.3 Å². The Hall–Kier alpha value is -3.65. The van der Waals surface area contributed by atoms with Gasteiger partial charge in [-0.25, -0.2) is 9.78 Å². The monoisotopic (exact) mass is 505 g/mol. The van der Waals surface area contributed by atoms with Gasteiger partial charge in [0.2, 0.25) is 0 Å². The number of aromatic amines is 1. The Balaban J connectivity index is 1.41. The maximum absolute atomic E-state index is 13.4. The van der Waals surface area contributed by atoms with Gasteiger partial charge in [-0.15, -0.1) is 0 Å². The molecule has 1 N–H and O–H groups in total. The van der Waals surface area contributed by atoms with E-state index in [1.54, 1.807) is 21.9 Å². The third-order valence-corrected chi connectivity index (χ3v) is 6.94. The highest BCUT2D eigenvalue weighted by atomic mass is 35.5. The summed E-state index contributed by atoms with van der Waals surface area (Å²) in [7, 11) is 0. The number of hydrogen-bond acceptors (Lipinski definition) is 5. The van der Waals surface area contributed by atoms with Crippen LogP contribution in [0.5, 0.6) is 0 Å². The van der Waals surface area contributed by atoms with E-state index in [1.807, 2.05) is 51.1 Å². The number of hydrogen-bond donors (Lipinski definition) is 1. The Bertz CT molecular complexity index is 1470. The number of carbonyl (C=O) groups excluding carboxylic acids is 2. The molecule has 36 heavy (non-hydrogen) atoms. The number of fused-ring (bicyclic) bond motifs is 2. The van der Waals surface area contributed by atoms with Crippen molar-refractivity contribution >= 4 is 45.4 Å². The van der Waals surface area contributed by atoms with Gasteiger partial charge in [0.05, 0.1) is 34.1 Å². The smallest absolute Gasteiger partial charge is 0.409 e. The topological polar surface area (TPSA) is 91.4 Å². The predicted octanol–water partition coefficient (Wildman–Crippen LogP) is 5.43. The van der Waals surface area contributed by atoms with Gasteiger partial charge in [0, 0.05) is 47.6 Å². The number of nitrogens with zero attached hydrogens (tertiary/aromatic N) is 4. The molecular weight excluding hydrogens is 478 g/mol. The molecule has 1 aliphatic heterocycles. The van der Waals surface area contributed by atoms with Crippen LogP contribution in [0.15, 0.2) is 42.5 Å². The molecule has 8 nitrogen and oxygen atoms in total. The zero-order valence-corrected chi connectivity index (χ0v) is 21.3. The summed E-state index contributed by atoms with van der Waals surface area (Å²) in [6, 6.07) is 13.1. The summed E-state index contributed by atoms with van der Waals surface area (Å²) in [5, 5.41) is 9.67. The second-order valence-corrected chi connectivity index (χ2v) is 9.61. The van der Waals surface area contributed by atoms with E-state index in [2.05, 4.69) is 10.2 Å². The number of ether oxygens (including phenoxy) is 1. The molecule has 186 valence electrons. The molecule has 2 amide bonds. The first-order valence-electron chi connectivity index (χ1n) is 12.1. The molecule has 4 aromatic rings. The third kappa shape index (κ3) is 4.48. The number of piperazine rings is 1. The van der Waals surface area contributed by atoms with Crippen molar-refractivity contribution in [1.29, 1.82) is 0 Å². The van der Waals surface area contributed by atoms with Crippen molar-refractivity contribution in [1.82, 2.24) is 25.0 Å². The number of aromatic nitrogens is 3. The number of benzene rings is 2. The standard InChI is InChI=1S/C27H28ClN5O3/c1-4-11-36-27(35)32-9-10-33(16(2)15-32)26(34)19-5-7-20-22(28)14-24(29-25(20)13-19)18-6-8-23-21(12-18)17(3)30-31-23/h5-8,12-14,16H,4,9-11,15H2,1-3H3,(H,30,31)/t16-/m0/s1. The van der Waals surface area contributed by atoms with Gasteiger partial charge < -0.3 is 14.5 Å². The highest BCUT2D eigenvalue weighted by Crippen LogP contribution is 2.31. The van der Waals surface area contributed by atoms with Crippen LogP contribution < -0.4 is 0 Å². The summed E-state index contributed by atoms with van der Waals surface area (Å²) < 4.78 is 5.25. The number of pyridine rings is 1. The number of H-pyrrole nitrogens is 1. The maximum Gasteiger partial charge on any atom is 0.409 e. The molecule has 2 aromatic heterocycles. The largest absolute Gasteiger partial charge is 0.449 e. The molecule has 0 aliphatic carbocycles. The van der Waals surface area contributed by atoms with Crippen LogP contribution in [0.25, 0.3) is 33.1 Å². The van der Waals surface area contributed by atoms with Crippen LogP contribution in [0.1, 0.15) is 36.3 Å². The first-order chi connectivity index (χ1) is 17.4. The van der Waals surface area contributed by atoms with Crippen LogP contribution in [0.2, 0.25) is 5.02 Å². The minimum atomic E-state index is -0.323. The predicted molar refractivity (Wildman–Crippen MR) is 140 cm³/mol. The first-order valence-corrected chi connectivity index (χ1v) is 12.5. The molecule has 0 saturated carbocycles. The van der Waals surface area contributed by atoms with Crippen molar-refractivity contribution in [2.45, 2.75) is 33.2 Å². The van der Waals surface area contributed by atoms with Crippen molar-refractivity contribution in [2.24, 2.45) is 0 Å². The second kappa shape index (κ2) is 9.78. The molecule has 0 spiro atoms. The van der Waals surface area contributed by atoms with Crippen LogP contribution in [-0.2, 0) is 4.74 Å². The summed E-state index contributed by atoms with van der Waals surface area (Å²) in [6.45, 7) is 7.58. The number of nitrogens with one attached hydrogen (secondary N) is 1. The number of rotatable bonds is 4. The number of amides is 2. The molecule has 0 bridgehead atoms. The van der Waals surface area contributed by atoms with Gasteiger partial charge in [-0.1, -0.05) is 30.7 Å². The minimum absolute atomic E-state index is 0.0928. The quantitative estimate of drug-likeness (QED) is 0.399. The average Bonchev–Trinajstić information content (AvgIpc) is 3.26. The molecule has 1 fully saturated rings. The van der Waals surface area contributed by atoms with Crippen molar-refractivity contribution in [3.8, 4) is 11.3 Å². The van der Waals surface area contributed by atoms with Crippen molar-refractivity contribution in [3.63, 3.8) is 0 Å². The summed E-state index contributed by atoms with van der Waals surface area (Å²) in [4.78, 5) is 33.9. The molecule has 0 radical (unpaired) electrons. The summed E-state index contributed by atoms with van der Waals surface area (Å²) in [5.41, 5.74) is 4.72. The van der Waals surface area contributed by atoms with Crippen LogP contribution in [0.4, 0.5) is 4.79 Å². The lowest BCUT2D eigenvalue weighted by Crippen LogP contribution is -2.55. The highest BCUT2D eigenvalue weighted by molar-refractivity contribution is 6.35. The van der Waals surface area contributed by atoms with E-state index in [4.69, 9.17) is 21.3 Å². The zero-order valence-electron chi connectivity index (χ0n) is 20.5. The molecule has 3 heterocycles. The Morgan fingerprint density at radius 2 is 1.97 bits per heavy atom. The molecule has 1 aliphatic rings. The van der Waals surface area contributed by atoms with Gasteiger partial charge in [-0.2, -0.15) is 5.10 Å². The molecule has 9 heteroatoms. The van der Waals surface area contributed by atoms with Gasteiger partial charge in [0.25, 0.3) is 5.91 Å². The number of aryl methyl sites for hydroxylation is 1. The molecule has 5 rings (SSSR count). The van der Waals surface area contributed by atoms with E-state index >= 15 is 0 Å². The average molecular weight is 506 g/mol. The van der Waals surface area contributed by atoms with E-state index < -0.39 is 0 Å². The van der Waals surface area contributed by atoms with Crippen molar-refractivity contribution in [2.75, 3.05) is 26.2 Å². The third-order valence-electron chi connectivity index (χ3n) is 6.63. The van der Waals surface area contributed by atoms with E-state index in [0.717, 1.165) is 39.7 Å². The number of halogens is 1. The number of carbonyl (C=O) groups is 2.